The van der Waals surface area contributed by atoms with Crippen LogP contribution in [0.5, 0.6) is 11.6 Å². The fourth-order valence-corrected chi connectivity index (χ4v) is 2.90. The van der Waals surface area contributed by atoms with E-state index in [1.807, 2.05) is 0 Å². The molecule has 0 saturated heterocycles. The van der Waals surface area contributed by atoms with Gasteiger partial charge in [-0.2, -0.15) is 0 Å². The maximum absolute atomic E-state index is 12.9. The zero-order valence-corrected chi connectivity index (χ0v) is 16.3. The number of hydrogen-bond acceptors (Lipinski definition) is 3. The summed E-state index contributed by atoms with van der Waals surface area (Å²) in [6.07, 6.45) is 1.61. The summed E-state index contributed by atoms with van der Waals surface area (Å²) in [5, 5.41) is 3.35. The first-order valence-corrected chi connectivity index (χ1v) is 9.08. The molecule has 0 aliphatic heterocycles. The van der Waals surface area contributed by atoms with E-state index in [2.05, 4.69) is 32.9 Å². The Morgan fingerprint density at radius 2 is 1.92 bits per heavy atom. The Balaban J connectivity index is 1.59. The number of benzene rings is 2. The van der Waals surface area contributed by atoms with Gasteiger partial charge < -0.3 is 10.1 Å². The van der Waals surface area contributed by atoms with Crippen LogP contribution in [0.15, 0.2) is 60.8 Å². The molecular formula is C19H13ClFIN2O2. The molecule has 1 amide bonds. The summed E-state index contributed by atoms with van der Waals surface area (Å²) in [4.78, 5) is 16.5. The van der Waals surface area contributed by atoms with E-state index in [-0.39, 0.29) is 11.7 Å². The number of nitrogens with zero attached hydrogens (tertiary/aromatic N) is 1. The van der Waals surface area contributed by atoms with Gasteiger partial charge in [0, 0.05) is 27.4 Å². The number of carbonyl (C=O) groups excluding carboxylic acids is 1. The minimum absolute atomic E-state index is 0.205. The van der Waals surface area contributed by atoms with Crippen LogP contribution in [0, 0.1) is 9.39 Å². The van der Waals surface area contributed by atoms with Crippen molar-refractivity contribution < 1.29 is 13.9 Å². The van der Waals surface area contributed by atoms with Crippen molar-refractivity contribution in [3.8, 4) is 11.6 Å². The molecule has 1 heterocycles. The Hall–Kier alpha value is -2.19. The van der Waals surface area contributed by atoms with Gasteiger partial charge >= 0.3 is 0 Å². The first-order valence-electron chi connectivity index (χ1n) is 7.63. The van der Waals surface area contributed by atoms with Crippen molar-refractivity contribution >= 4 is 40.1 Å². The third kappa shape index (κ3) is 4.92. The lowest BCUT2D eigenvalue weighted by atomic mass is 10.2. The molecule has 1 aromatic heterocycles. The highest BCUT2D eigenvalue weighted by atomic mass is 127. The summed E-state index contributed by atoms with van der Waals surface area (Å²) < 4.78 is 19.2. The lowest BCUT2D eigenvalue weighted by Gasteiger charge is -2.08. The zero-order valence-electron chi connectivity index (χ0n) is 13.4. The predicted molar refractivity (Wildman–Crippen MR) is 106 cm³/mol. The minimum Gasteiger partial charge on any atom is -0.439 e. The number of pyridine rings is 1. The molecule has 0 saturated carbocycles. The second-order valence-electron chi connectivity index (χ2n) is 5.37. The van der Waals surface area contributed by atoms with E-state index in [0.29, 0.717) is 28.8 Å². The Morgan fingerprint density at radius 3 is 2.62 bits per heavy atom. The number of amides is 1. The average molecular weight is 483 g/mol. The third-order valence-electron chi connectivity index (χ3n) is 3.46. The van der Waals surface area contributed by atoms with Crippen molar-refractivity contribution in [2.75, 3.05) is 0 Å². The maximum Gasteiger partial charge on any atom is 0.252 e. The van der Waals surface area contributed by atoms with Crippen LogP contribution in [-0.2, 0) is 6.54 Å². The van der Waals surface area contributed by atoms with E-state index < -0.39 is 0 Å². The highest BCUT2D eigenvalue weighted by Gasteiger charge is 2.10. The summed E-state index contributed by atoms with van der Waals surface area (Å²) in [5.41, 5.74) is 1.35. The summed E-state index contributed by atoms with van der Waals surface area (Å²) in [6.45, 7) is 0.325. The van der Waals surface area contributed by atoms with Gasteiger partial charge in [-0.05, 0) is 70.6 Å². The number of halogens is 3. The van der Waals surface area contributed by atoms with E-state index in [1.54, 1.807) is 36.5 Å². The Morgan fingerprint density at radius 1 is 1.15 bits per heavy atom. The van der Waals surface area contributed by atoms with Crippen LogP contribution in [-0.4, -0.2) is 10.9 Å². The van der Waals surface area contributed by atoms with Gasteiger partial charge in [-0.1, -0.05) is 17.7 Å². The van der Waals surface area contributed by atoms with Gasteiger partial charge in [0.15, 0.2) is 0 Å². The van der Waals surface area contributed by atoms with Crippen molar-refractivity contribution in [2.45, 2.75) is 6.54 Å². The van der Waals surface area contributed by atoms with Gasteiger partial charge in [-0.3, -0.25) is 4.79 Å². The van der Waals surface area contributed by atoms with Gasteiger partial charge in [0.2, 0.25) is 5.88 Å². The van der Waals surface area contributed by atoms with Gasteiger partial charge in [-0.15, -0.1) is 0 Å². The van der Waals surface area contributed by atoms with Crippen molar-refractivity contribution in [1.29, 1.82) is 0 Å². The van der Waals surface area contributed by atoms with Crippen molar-refractivity contribution in [3.05, 3.63) is 86.3 Å². The van der Waals surface area contributed by atoms with Gasteiger partial charge in [0.05, 0.1) is 5.56 Å². The van der Waals surface area contributed by atoms with Crippen LogP contribution in [0.1, 0.15) is 15.9 Å². The van der Waals surface area contributed by atoms with Crippen LogP contribution in [0.25, 0.3) is 0 Å². The highest BCUT2D eigenvalue weighted by Crippen LogP contribution is 2.20. The minimum atomic E-state index is -0.328. The lowest BCUT2D eigenvalue weighted by molar-refractivity contribution is 0.0950. The fraction of sp³-hybridized carbons (Fsp3) is 0.0526. The molecular weight excluding hydrogens is 470 g/mol. The van der Waals surface area contributed by atoms with E-state index in [9.17, 15) is 9.18 Å². The quantitative estimate of drug-likeness (QED) is 0.509. The molecule has 2 aromatic carbocycles. The second kappa shape index (κ2) is 8.46. The fourth-order valence-electron chi connectivity index (χ4n) is 2.15. The molecule has 7 heteroatoms. The number of ether oxygens (including phenoxy) is 1. The molecule has 3 rings (SSSR count). The van der Waals surface area contributed by atoms with Crippen LogP contribution in [0.4, 0.5) is 4.39 Å². The summed E-state index contributed by atoms with van der Waals surface area (Å²) >= 11 is 8.03. The number of hydrogen-bond donors (Lipinski definition) is 1. The molecule has 0 unspecified atom stereocenters. The zero-order chi connectivity index (χ0) is 18.5. The smallest absolute Gasteiger partial charge is 0.252 e. The van der Waals surface area contributed by atoms with Crippen LogP contribution in [0.3, 0.4) is 0 Å². The van der Waals surface area contributed by atoms with Gasteiger partial charge in [0.25, 0.3) is 5.91 Å². The van der Waals surface area contributed by atoms with Gasteiger partial charge in [0.1, 0.15) is 11.6 Å². The summed E-state index contributed by atoms with van der Waals surface area (Å²) in [5.74, 6) is 0.348. The summed E-state index contributed by atoms with van der Waals surface area (Å²) in [7, 11) is 0. The maximum atomic E-state index is 12.9. The topological polar surface area (TPSA) is 51.2 Å². The van der Waals surface area contributed by atoms with E-state index in [4.69, 9.17) is 16.3 Å². The van der Waals surface area contributed by atoms with E-state index in [1.165, 1.54) is 24.3 Å². The Labute approximate surface area is 168 Å². The first-order chi connectivity index (χ1) is 12.5. The van der Waals surface area contributed by atoms with E-state index >= 15 is 0 Å². The molecule has 0 atom stereocenters. The molecule has 26 heavy (non-hydrogen) atoms. The predicted octanol–water partition coefficient (Wildman–Crippen LogP) is 5.20. The number of carbonyl (C=O) groups is 1. The molecule has 0 radical (unpaired) electrons. The Bertz CT molecular complexity index is 918. The molecule has 0 spiro atoms. The average Bonchev–Trinajstić information content (AvgIpc) is 2.65. The number of rotatable bonds is 5. The molecule has 1 N–H and O–H groups in total. The monoisotopic (exact) mass is 482 g/mol. The molecule has 0 aliphatic carbocycles. The number of aromatic nitrogens is 1. The molecule has 0 bridgehead atoms. The Kier molecular flexibility index (Phi) is 6.05. The number of nitrogens with one attached hydrogen (secondary N) is 1. The normalized spacial score (nSPS) is 10.4. The molecule has 0 aliphatic rings. The van der Waals surface area contributed by atoms with E-state index in [0.717, 1.165) is 9.13 Å². The second-order valence-corrected chi connectivity index (χ2v) is 6.97. The standard InChI is InChI=1S/C19H13ClFIN2O2/c20-13-2-7-17(22)16(9-13)19(25)24-11-12-1-8-18(23-10-12)26-15-5-3-14(21)4-6-15/h1-10H,11H2,(H,24,25). The van der Waals surface area contributed by atoms with Crippen molar-refractivity contribution in [1.82, 2.24) is 10.3 Å². The van der Waals surface area contributed by atoms with Crippen LogP contribution in [0.2, 0.25) is 5.02 Å². The molecule has 0 fully saturated rings. The third-order valence-corrected chi connectivity index (χ3v) is 4.64. The van der Waals surface area contributed by atoms with Crippen LogP contribution < -0.4 is 10.1 Å². The largest absolute Gasteiger partial charge is 0.439 e. The van der Waals surface area contributed by atoms with Crippen molar-refractivity contribution in [3.63, 3.8) is 0 Å². The highest BCUT2D eigenvalue weighted by molar-refractivity contribution is 14.1. The molecule has 4 nitrogen and oxygen atoms in total. The summed E-state index contributed by atoms with van der Waals surface area (Å²) in [6, 6.07) is 14.3. The van der Waals surface area contributed by atoms with Crippen LogP contribution >= 0.6 is 34.2 Å². The van der Waals surface area contributed by atoms with Gasteiger partial charge in [-0.25, -0.2) is 9.37 Å². The molecule has 3 aromatic rings. The lowest BCUT2D eigenvalue weighted by Crippen LogP contribution is -2.23. The first kappa shape index (κ1) is 18.6. The van der Waals surface area contributed by atoms with Crippen molar-refractivity contribution in [2.24, 2.45) is 0 Å². The SMILES string of the molecule is O=C(NCc1ccc(Oc2ccc(F)cc2)nc1)c1cc(Cl)ccc1I. The molecule has 132 valence electrons.